The fourth-order valence-electron chi connectivity index (χ4n) is 7.30. The molecule has 2 amide bonds. The van der Waals surface area contributed by atoms with E-state index in [9.17, 15) is 9.59 Å². The van der Waals surface area contributed by atoms with Gasteiger partial charge in [-0.1, -0.05) is 60.7 Å². The monoisotopic (exact) mass is 677 g/mol. The van der Waals surface area contributed by atoms with Gasteiger partial charge in [-0.15, -0.1) is 0 Å². The number of carbonyl (C=O) groups excluding carboxylic acids is 2. The van der Waals surface area contributed by atoms with E-state index < -0.39 is 0 Å². The van der Waals surface area contributed by atoms with Gasteiger partial charge in [0, 0.05) is 49.0 Å². The van der Waals surface area contributed by atoms with Crippen LogP contribution in [0.15, 0.2) is 104 Å². The second-order valence-electron chi connectivity index (χ2n) is 13.3. The number of pyridine rings is 1. The molecule has 2 saturated heterocycles. The first-order valence-electron chi connectivity index (χ1n) is 17.6. The predicted octanol–water partition coefficient (Wildman–Crippen LogP) is 6.69. The van der Waals surface area contributed by atoms with Gasteiger partial charge in [0.1, 0.15) is 11.6 Å². The molecule has 2 aliphatic rings. The number of H-pyrrole nitrogens is 2. The number of nitrogens with one attached hydrogen (secondary N) is 2. The molecule has 0 bridgehead atoms. The first-order valence-corrected chi connectivity index (χ1v) is 17.6. The van der Waals surface area contributed by atoms with Crippen molar-refractivity contribution in [1.29, 1.82) is 0 Å². The highest BCUT2D eigenvalue weighted by Gasteiger charge is 2.35. The summed E-state index contributed by atoms with van der Waals surface area (Å²) in [6, 6.07) is 21.6. The third-order valence-corrected chi connectivity index (χ3v) is 10.1. The van der Waals surface area contributed by atoms with Crippen LogP contribution < -0.4 is 0 Å². The van der Waals surface area contributed by atoms with E-state index in [-0.39, 0.29) is 29.8 Å². The highest BCUT2D eigenvalue weighted by molar-refractivity contribution is 5.84. The summed E-state index contributed by atoms with van der Waals surface area (Å²) in [6.45, 7) is 3.42. The largest absolute Gasteiger partial charge is 0.340 e. The number of aromatic nitrogens is 7. The number of nitrogens with zero attached hydrogens (tertiary/aromatic N) is 7. The quantitative estimate of drug-likeness (QED) is 0.174. The summed E-state index contributed by atoms with van der Waals surface area (Å²) in [5.41, 5.74) is 6.36. The zero-order chi connectivity index (χ0) is 34.7. The average molecular weight is 678 g/mol. The van der Waals surface area contributed by atoms with E-state index in [1.54, 1.807) is 31.0 Å². The minimum absolute atomic E-state index is 0.0667. The number of likely N-dealkylation sites (tertiary alicyclic amines) is 2. The number of amides is 2. The van der Waals surface area contributed by atoms with Crippen LogP contribution in [0.25, 0.3) is 33.9 Å². The smallest absolute Gasteiger partial charge is 0.230 e. The fraction of sp³-hybridized carbons (Fsp3) is 0.275. The Labute approximate surface area is 296 Å². The van der Waals surface area contributed by atoms with Gasteiger partial charge in [-0.05, 0) is 55.4 Å². The summed E-state index contributed by atoms with van der Waals surface area (Å²) < 4.78 is 0. The molecule has 0 radical (unpaired) electrons. The first-order chi connectivity index (χ1) is 25.0. The van der Waals surface area contributed by atoms with Gasteiger partial charge in [0.2, 0.25) is 11.8 Å². The van der Waals surface area contributed by atoms with Gasteiger partial charge in [0.15, 0.2) is 5.82 Å². The summed E-state index contributed by atoms with van der Waals surface area (Å²) >= 11 is 0. The molecule has 4 aromatic heterocycles. The number of carbonyl (C=O) groups is 2. The van der Waals surface area contributed by atoms with Crippen LogP contribution in [0.5, 0.6) is 0 Å². The number of benzene rings is 2. The van der Waals surface area contributed by atoms with Gasteiger partial charge < -0.3 is 19.8 Å². The number of hydrogen-bond donors (Lipinski definition) is 2. The zero-order valence-corrected chi connectivity index (χ0v) is 28.4. The summed E-state index contributed by atoms with van der Waals surface area (Å²) in [7, 11) is 0. The maximum absolute atomic E-state index is 13.5. The minimum atomic E-state index is -0.211. The van der Waals surface area contributed by atoms with Crippen LogP contribution in [0.2, 0.25) is 0 Å². The number of imidazole rings is 2. The molecule has 3 atom stereocenters. The van der Waals surface area contributed by atoms with Crippen molar-refractivity contribution in [1.82, 2.24) is 44.7 Å². The molecule has 6 aromatic rings. The Morgan fingerprint density at radius 3 is 2.00 bits per heavy atom. The highest BCUT2D eigenvalue weighted by Crippen LogP contribution is 2.35. The molecule has 0 unspecified atom stereocenters. The van der Waals surface area contributed by atoms with E-state index in [2.05, 4.69) is 34.9 Å². The van der Waals surface area contributed by atoms with Crippen molar-refractivity contribution in [2.24, 2.45) is 0 Å². The van der Waals surface area contributed by atoms with Gasteiger partial charge >= 0.3 is 0 Å². The highest BCUT2D eigenvalue weighted by atomic mass is 16.2. The summed E-state index contributed by atoms with van der Waals surface area (Å²) in [4.78, 5) is 60.2. The Morgan fingerprint density at radius 2 is 1.33 bits per heavy atom. The van der Waals surface area contributed by atoms with Gasteiger partial charge in [-0.2, -0.15) is 0 Å². The lowest BCUT2D eigenvalue weighted by molar-refractivity contribution is -0.133. The molecule has 6 heterocycles. The Morgan fingerprint density at radius 1 is 0.706 bits per heavy atom. The standard InChI is InChI=1S/C40H39N9O2/c1-26(28-9-3-2-4-10-28)40(51)49-19-7-12-35(49)39-45-25-33(47-39)31-22-42-37(43-23-31)30-15-13-29(14-16-30)32-24-44-38(46-32)34-11-6-18-48(34)36(50)20-27-8-5-17-41-21-27/h2-5,8-10,13-17,21-26,34-35H,6-7,11-12,18-20H2,1H3,(H,44,46)(H,45,47)/t26-,34+,35+/m1/s1. The predicted molar refractivity (Wildman–Crippen MR) is 193 cm³/mol. The number of aromatic amines is 2. The van der Waals surface area contributed by atoms with Crippen LogP contribution >= 0.6 is 0 Å². The average Bonchev–Trinajstić information content (AvgIpc) is 4.02. The van der Waals surface area contributed by atoms with E-state index in [1.807, 2.05) is 89.7 Å². The van der Waals surface area contributed by atoms with Crippen LogP contribution in [0.1, 0.15) is 73.4 Å². The maximum Gasteiger partial charge on any atom is 0.230 e. The Kier molecular flexibility index (Phi) is 8.92. The molecule has 11 nitrogen and oxygen atoms in total. The molecule has 2 N–H and O–H groups in total. The molecule has 256 valence electrons. The molecule has 8 rings (SSSR count). The Hall–Kier alpha value is -5.97. The Bertz CT molecular complexity index is 2110. The minimum Gasteiger partial charge on any atom is -0.340 e. The summed E-state index contributed by atoms with van der Waals surface area (Å²) in [5.74, 6) is 2.21. The molecule has 11 heteroatoms. The zero-order valence-electron chi connectivity index (χ0n) is 28.4. The van der Waals surface area contributed by atoms with Crippen LogP contribution in [0.3, 0.4) is 0 Å². The molecular weight excluding hydrogens is 639 g/mol. The van der Waals surface area contributed by atoms with Crippen molar-refractivity contribution in [3.8, 4) is 33.9 Å². The van der Waals surface area contributed by atoms with E-state index in [0.29, 0.717) is 12.2 Å². The van der Waals surface area contributed by atoms with E-state index in [4.69, 9.17) is 0 Å². The second-order valence-corrected chi connectivity index (χ2v) is 13.3. The molecule has 2 fully saturated rings. The summed E-state index contributed by atoms with van der Waals surface area (Å²) in [6.07, 6.45) is 14.7. The number of rotatable bonds is 9. The van der Waals surface area contributed by atoms with Crippen molar-refractivity contribution >= 4 is 11.8 Å². The molecule has 2 aromatic carbocycles. The molecular formula is C40H39N9O2. The fourth-order valence-corrected chi connectivity index (χ4v) is 7.30. The second kappa shape index (κ2) is 14.1. The third-order valence-electron chi connectivity index (χ3n) is 10.1. The van der Waals surface area contributed by atoms with Crippen molar-refractivity contribution < 1.29 is 9.59 Å². The van der Waals surface area contributed by atoms with Crippen molar-refractivity contribution in [2.45, 2.75) is 57.0 Å². The normalized spacial score (nSPS) is 17.9. The summed E-state index contributed by atoms with van der Waals surface area (Å²) in [5, 5.41) is 0. The van der Waals surface area contributed by atoms with Gasteiger partial charge in [0.25, 0.3) is 0 Å². The van der Waals surface area contributed by atoms with E-state index >= 15 is 0 Å². The van der Waals surface area contributed by atoms with Gasteiger partial charge in [-0.25, -0.2) is 19.9 Å². The van der Waals surface area contributed by atoms with Crippen LogP contribution in [-0.4, -0.2) is 69.6 Å². The lowest BCUT2D eigenvalue weighted by Crippen LogP contribution is -2.34. The van der Waals surface area contributed by atoms with E-state index in [1.165, 1.54) is 0 Å². The Balaban J connectivity index is 0.915. The molecule has 51 heavy (non-hydrogen) atoms. The molecule has 0 saturated carbocycles. The van der Waals surface area contributed by atoms with Crippen LogP contribution in [-0.2, 0) is 16.0 Å². The molecule has 0 aliphatic carbocycles. The van der Waals surface area contributed by atoms with Crippen molar-refractivity contribution in [3.05, 3.63) is 127 Å². The lowest BCUT2D eigenvalue weighted by atomic mass is 9.99. The molecule has 0 spiro atoms. The topological polar surface area (TPSA) is 137 Å². The third kappa shape index (κ3) is 6.66. The number of hydrogen-bond acceptors (Lipinski definition) is 7. The molecule has 2 aliphatic heterocycles. The van der Waals surface area contributed by atoms with Crippen molar-refractivity contribution in [3.63, 3.8) is 0 Å². The first kappa shape index (κ1) is 32.2. The lowest BCUT2D eigenvalue weighted by Gasteiger charge is -2.26. The van der Waals surface area contributed by atoms with E-state index in [0.717, 1.165) is 89.6 Å². The van der Waals surface area contributed by atoms with Crippen LogP contribution in [0.4, 0.5) is 0 Å². The van der Waals surface area contributed by atoms with Gasteiger partial charge in [0.05, 0.1) is 48.2 Å². The SMILES string of the molecule is C[C@@H](C(=O)N1CCC[C@H]1c1ncc(-c2cnc(-c3ccc(-c4cnc([C@@H]5CCCN5C(=O)Cc5cccnc5)[nH]4)cc3)nc2)[nH]1)c1ccccc1. The van der Waals surface area contributed by atoms with Crippen molar-refractivity contribution in [2.75, 3.05) is 13.1 Å². The van der Waals surface area contributed by atoms with Gasteiger partial charge in [-0.3, -0.25) is 14.6 Å². The van der Waals surface area contributed by atoms with Crippen LogP contribution in [0, 0.1) is 0 Å². The maximum atomic E-state index is 13.5.